The first-order valence-electron chi connectivity index (χ1n) is 12.7. The minimum atomic E-state index is -0.556. The fourth-order valence-electron chi connectivity index (χ4n) is 3.03. The zero-order valence-electron chi connectivity index (χ0n) is 20.7. The van der Waals surface area contributed by atoms with Crippen molar-refractivity contribution in [2.24, 2.45) is 0 Å². The summed E-state index contributed by atoms with van der Waals surface area (Å²) in [4.78, 5) is 11.9. The Kier molecular flexibility index (Phi) is 24.3. The first kappa shape index (κ1) is 30.4. The number of allylic oxidation sites excluding steroid dienone is 8. The van der Waals surface area contributed by atoms with E-state index >= 15 is 0 Å². The molecule has 32 heavy (non-hydrogen) atoms. The highest BCUT2D eigenvalue weighted by Crippen LogP contribution is 2.08. The average Bonchev–Trinajstić information content (AvgIpc) is 2.80. The molecule has 0 fully saturated rings. The largest absolute Gasteiger partial charge is 0.457 e. The number of unbranched alkanes of at least 4 members (excludes halogenated alkanes) is 6. The molecule has 4 heteroatoms. The Morgan fingerprint density at radius 3 is 2.00 bits per heavy atom. The van der Waals surface area contributed by atoms with Crippen molar-refractivity contribution in [1.29, 1.82) is 0 Å². The Morgan fingerprint density at radius 2 is 1.38 bits per heavy atom. The van der Waals surface area contributed by atoms with Crippen molar-refractivity contribution in [3.8, 4) is 0 Å². The van der Waals surface area contributed by atoms with Gasteiger partial charge in [-0.25, -0.2) is 0 Å². The zero-order chi connectivity index (χ0) is 23.5. The highest BCUT2D eigenvalue weighted by Gasteiger charge is 2.13. The second-order valence-corrected chi connectivity index (χ2v) is 8.03. The van der Waals surface area contributed by atoms with Crippen LogP contribution >= 0.6 is 0 Å². The Morgan fingerprint density at radius 1 is 0.781 bits per heavy atom. The summed E-state index contributed by atoms with van der Waals surface area (Å²) in [6, 6.07) is 0. The highest BCUT2D eigenvalue weighted by atomic mass is 16.6. The second-order valence-electron chi connectivity index (χ2n) is 8.03. The quantitative estimate of drug-likeness (QED) is 0.108. The van der Waals surface area contributed by atoms with Crippen molar-refractivity contribution in [2.75, 3.05) is 19.8 Å². The molecule has 4 nitrogen and oxygen atoms in total. The van der Waals surface area contributed by atoms with Gasteiger partial charge in [0, 0.05) is 13.0 Å². The number of aliphatic hydroxyl groups is 1. The predicted molar refractivity (Wildman–Crippen MR) is 136 cm³/mol. The van der Waals surface area contributed by atoms with Gasteiger partial charge in [-0.1, -0.05) is 94.6 Å². The lowest BCUT2D eigenvalue weighted by atomic mass is 10.1. The molecule has 0 aromatic rings. The summed E-state index contributed by atoms with van der Waals surface area (Å²) in [7, 11) is 0. The van der Waals surface area contributed by atoms with Crippen LogP contribution < -0.4 is 0 Å². The summed E-state index contributed by atoms with van der Waals surface area (Å²) in [5.41, 5.74) is 0. The molecular weight excluding hydrogens is 400 g/mol. The van der Waals surface area contributed by atoms with Crippen molar-refractivity contribution in [2.45, 2.75) is 103 Å². The molecule has 0 aliphatic heterocycles. The molecule has 1 unspecified atom stereocenters. The summed E-state index contributed by atoms with van der Waals surface area (Å²) >= 11 is 0. The van der Waals surface area contributed by atoms with Crippen LogP contribution in [0.15, 0.2) is 48.6 Å². The molecule has 0 bridgehead atoms. The third-order valence-corrected chi connectivity index (χ3v) is 4.92. The highest BCUT2D eigenvalue weighted by molar-refractivity contribution is 5.69. The number of hydrogen-bond acceptors (Lipinski definition) is 4. The summed E-state index contributed by atoms with van der Waals surface area (Å²) in [6.07, 6.45) is 30.1. The number of ether oxygens (including phenoxy) is 2. The van der Waals surface area contributed by atoms with Gasteiger partial charge in [-0.05, 0) is 44.9 Å². The van der Waals surface area contributed by atoms with Crippen LogP contribution in [0.1, 0.15) is 97.3 Å². The van der Waals surface area contributed by atoms with Gasteiger partial charge in [0.25, 0.3) is 0 Å². The third kappa shape index (κ3) is 23.0. The van der Waals surface area contributed by atoms with Crippen LogP contribution in [0.3, 0.4) is 0 Å². The molecule has 0 aliphatic rings. The minimum Gasteiger partial charge on any atom is -0.457 e. The Labute approximate surface area is 197 Å². The molecule has 0 aliphatic carbocycles. The third-order valence-electron chi connectivity index (χ3n) is 4.92. The molecule has 0 rings (SSSR count). The number of carbonyl (C=O) groups is 1. The Bertz CT molecular complexity index is 520. The first-order chi connectivity index (χ1) is 15.7. The number of rotatable bonds is 22. The lowest BCUT2D eigenvalue weighted by molar-refractivity contribution is -0.154. The van der Waals surface area contributed by atoms with Gasteiger partial charge in [-0.15, -0.1) is 0 Å². The number of aliphatic hydroxyl groups excluding tert-OH is 1. The summed E-state index contributed by atoms with van der Waals surface area (Å²) < 4.78 is 10.9. The Hall–Kier alpha value is -1.65. The topological polar surface area (TPSA) is 55.8 Å². The molecule has 0 saturated carbocycles. The molecule has 0 amide bonds. The lowest BCUT2D eigenvalue weighted by Crippen LogP contribution is -2.27. The van der Waals surface area contributed by atoms with Gasteiger partial charge in [0.2, 0.25) is 0 Å². The van der Waals surface area contributed by atoms with Crippen LogP contribution in [0, 0.1) is 0 Å². The monoisotopic (exact) mass is 448 g/mol. The Balaban J connectivity index is 3.62. The van der Waals surface area contributed by atoms with Gasteiger partial charge >= 0.3 is 5.97 Å². The molecule has 0 spiro atoms. The van der Waals surface area contributed by atoms with E-state index in [1.165, 1.54) is 25.7 Å². The molecule has 184 valence electrons. The SMILES string of the molecule is CC/C=C\C/C=C\C/C=C\C/C=C\CCCOCC(CO)OC(=O)CCCCCCCC. The predicted octanol–water partition coefficient (Wildman–Crippen LogP) is 7.24. The molecule has 0 saturated heterocycles. The van der Waals surface area contributed by atoms with Crippen molar-refractivity contribution in [1.82, 2.24) is 0 Å². The van der Waals surface area contributed by atoms with E-state index in [0.29, 0.717) is 13.0 Å². The van der Waals surface area contributed by atoms with Crippen LogP contribution in [0.25, 0.3) is 0 Å². The van der Waals surface area contributed by atoms with Crippen molar-refractivity contribution < 1.29 is 19.4 Å². The van der Waals surface area contributed by atoms with Gasteiger partial charge in [-0.3, -0.25) is 4.79 Å². The lowest BCUT2D eigenvalue weighted by Gasteiger charge is -2.15. The summed E-state index contributed by atoms with van der Waals surface area (Å²) in [5, 5.41) is 9.39. The smallest absolute Gasteiger partial charge is 0.306 e. The van der Waals surface area contributed by atoms with E-state index in [9.17, 15) is 9.90 Å². The molecule has 1 N–H and O–H groups in total. The van der Waals surface area contributed by atoms with E-state index in [0.717, 1.165) is 51.4 Å². The van der Waals surface area contributed by atoms with E-state index in [4.69, 9.17) is 9.47 Å². The van der Waals surface area contributed by atoms with Crippen molar-refractivity contribution in [3.05, 3.63) is 48.6 Å². The standard InChI is InChI=1S/C28H48O4/c1-3-5-7-9-11-12-13-14-15-16-17-18-20-22-24-31-26-27(25-29)32-28(30)23-21-19-10-8-6-4-2/h5,7,11-12,14-15,17-18,27,29H,3-4,6,8-10,13,16,19-26H2,1-2H3/b7-5-,12-11-,15-14-,18-17-. The van der Waals surface area contributed by atoms with Crippen LogP contribution in [-0.2, 0) is 14.3 Å². The van der Waals surface area contributed by atoms with E-state index < -0.39 is 6.10 Å². The molecule has 0 heterocycles. The average molecular weight is 449 g/mol. The number of carbonyl (C=O) groups excluding carboxylic acids is 1. The van der Waals surface area contributed by atoms with E-state index in [2.05, 4.69) is 62.5 Å². The van der Waals surface area contributed by atoms with Crippen LogP contribution in [0.5, 0.6) is 0 Å². The molecule has 0 aromatic carbocycles. The van der Waals surface area contributed by atoms with Gasteiger partial charge in [0.15, 0.2) is 0 Å². The minimum absolute atomic E-state index is 0.195. The molecular formula is C28H48O4. The summed E-state index contributed by atoms with van der Waals surface area (Å²) in [6.45, 7) is 5.00. The first-order valence-corrected chi connectivity index (χ1v) is 12.7. The maximum Gasteiger partial charge on any atom is 0.306 e. The van der Waals surface area contributed by atoms with Gasteiger partial charge < -0.3 is 14.6 Å². The fourth-order valence-corrected chi connectivity index (χ4v) is 3.03. The van der Waals surface area contributed by atoms with Gasteiger partial charge in [0.1, 0.15) is 6.10 Å². The number of esters is 1. The second kappa shape index (κ2) is 25.6. The normalized spacial score (nSPS) is 13.2. The molecule has 0 aromatic heterocycles. The van der Waals surface area contributed by atoms with Crippen molar-refractivity contribution in [3.63, 3.8) is 0 Å². The van der Waals surface area contributed by atoms with E-state index in [1.54, 1.807) is 0 Å². The maximum absolute atomic E-state index is 11.9. The number of hydrogen-bond donors (Lipinski definition) is 1. The van der Waals surface area contributed by atoms with Crippen LogP contribution in [0.4, 0.5) is 0 Å². The van der Waals surface area contributed by atoms with Gasteiger partial charge in [0.05, 0.1) is 13.2 Å². The molecule has 0 radical (unpaired) electrons. The summed E-state index contributed by atoms with van der Waals surface area (Å²) in [5.74, 6) is -0.233. The van der Waals surface area contributed by atoms with E-state index in [-0.39, 0.29) is 19.2 Å². The zero-order valence-corrected chi connectivity index (χ0v) is 20.7. The van der Waals surface area contributed by atoms with Crippen LogP contribution in [0.2, 0.25) is 0 Å². The fraction of sp³-hybridized carbons (Fsp3) is 0.679. The van der Waals surface area contributed by atoms with Gasteiger partial charge in [-0.2, -0.15) is 0 Å². The van der Waals surface area contributed by atoms with Crippen LogP contribution in [-0.4, -0.2) is 37.0 Å². The maximum atomic E-state index is 11.9. The van der Waals surface area contributed by atoms with E-state index in [1.807, 2.05) is 0 Å². The van der Waals surface area contributed by atoms with Crippen molar-refractivity contribution >= 4 is 5.97 Å². The molecule has 1 atom stereocenters.